The highest BCUT2D eigenvalue weighted by molar-refractivity contribution is 7.91. The van der Waals surface area contributed by atoms with Crippen molar-refractivity contribution in [3.8, 4) is 0 Å². The van der Waals surface area contributed by atoms with Crippen LogP contribution in [0.15, 0.2) is 0 Å². The Bertz CT molecular complexity index is 688. The fourth-order valence-electron chi connectivity index (χ4n) is 3.34. The van der Waals surface area contributed by atoms with E-state index in [1.807, 2.05) is 19.0 Å². The van der Waals surface area contributed by atoms with Gasteiger partial charge in [-0.05, 0) is 27.4 Å². The van der Waals surface area contributed by atoms with E-state index in [1.54, 1.807) is 6.92 Å². The zero-order chi connectivity index (χ0) is 20.9. The number of hydrogen-bond donors (Lipinski definition) is 0. The summed E-state index contributed by atoms with van der Waals surface area (Å²) >= 11 is 0. The van der Waals surface area contributed by atoms with E-state index in [4.69, 9.17) is 4.74 Å². The van der Waals surface area contributed by atoms with Gasteiger partial charge >= 0.3 is 17.9 Å². The van der Waals surface area contributed by atoms with Gasteiger partial charge in [0, 0.05) is 45.3 Å². The maximum Gasteiger partial charge on any atom is 0.409 e. The molecule has 0 aliphatic carbocycles. The van der Waals surface area contributed by atoms with Gasteiger partial charge in [0.1, 0.15) is 0 Å². The SMILES string of the molecule is CCOC(=O)N1CCN(C(=O)C(=O)N(CCN(C)C)C2CCS(=O)(=O)C2)CC1. The lowest BCUT2D eigenvalue weighted by molar-refractivity contribution is -0.154. The molecule has 10 nitrogen and oxygen atoms in total. The van der Waals surface area contributed by atoms with Crippen LogP contribution in [0.2, 0.25) is 0 Å². The van der Waals surface area contributed by atoms with E-state index >= 15 is 0 Å². The maximum atomic E-state index is 12.9. The highest BCUT2D eigenvalue weighted by Gasteiger charge is 2.38. The van der Waals surface area contributed by atoms with E-state index in [0.717, 1.165) is 0 Å². The average molecular weight is 419 g/mol. The highest BCUT2D eigenvalue weighted by Crippen LogP contribution is 2.19. The summed E-state index contributed by atoms with van der Waals surface area (Å²) in [5, 5.41) is 0. The molecule has 2 rings (SSSR count). The van der Waals surface area contributed by atoms with Crippen LogP contribution in [-0.2, 0) is 24.2 Å². The summed E-state index contributed by atoms with van der Waals surface area (Å²) in [5.74, 6) is -1.38. The van der Waals surface area contributed by atoms with Crippen molar-refractivity contribution in [2.75, 3.05) is 71.5 Å². The molecule has 0 aromatic rings. The van der Waals surface area contributed by atoms with Crippen LogP contribution in [0.5, 0.6) is 0 Å². The molecule has 2 aliphatic heterocycles. The third-order valence-electron chi connectivity index (χ3n) is 4.97. The van der Waals surface area contributed by atoms with Crippen LogP contribution in [-0.4, -0.2) is 123 Å². The third-order valence-corrected chi connectivity index (χ3v) is 6.72. The normalized spacial score (nSPS) is 21.6. The van der Waals surface area contributed by atoms with Crippen LogP contribution >= 0.6 is 0 Å². The lowest BCUT2D eigenvalue weighted by Gasteiger charge is -2.36. The number of piperazine rings is 1. The zero-order valence-electron chi connectivity index (χ0n) is 16.8. The Kier molecular flexibility index (Phi) is 7.64. The largest absolute Gasteiger partial charge is 0.450 e. The van der Waals surface area contributed by atoms with Gasteiger partial charge in [-0.1, -0.05) is 0 Å². The van der Waals surface area contributed by atoms with Gasteiger partial charge in [0.05, 0.1) is 18.1 Å². The van der Waals surface area contributed by atoms with Crippen molar-refractivity contribution in [2.24, 2.45) is 0 Å². The Morgan fingerprint density at radius 1 is 1.04 bits per heavy atom. The van der Waals surface area contributed by atoms with Crippen molar-refractivity contribution in [3.05, 3.63) is 0 Å². The number of amides is 3. The second-order valence-corrected chi connectivity index (χ2v) is 9.57. The molecule has 2 saturated heterocycles. The van der Waals surface area contributed by atoms with Gasteiger partial charge < -0.3 is 24.3 Å². The van der Waals surface area contributed by atoms with Gasteiger partial charge in [0.15, 0.2) is 9.84 Å². The van der Waals surface area contributed by atoms with E-state index in [1.165, 1.54) is 14.7 Å². The zero-order valence-corrected chi connectivity index (χ0v) is 17.6. The van der Waals surface area contributed by atoms with E-state index < -0.39 is 33.8 Å². The summed E-state index contributed by atoms with van der Waals surface area (Å²) in [6, 6.07) is -0.470. The molecule has 28 heavy (non-hydrogen) atoms. The predicted octanol–water partition coefficient (Wildman–Crippen LogP) is -1.14. The Morgan fingerprint density at radius 3 is 2.14 bits per heavy atom. The summed E-state index contributed by atoms with van der Waals surface area (Å²) in [4.78, 5) is 43.6. The Hall–Kier alpha value is -1.88. The van der Waals surface area contributed by atoms with Crippen LogP contribution in [0.3, 0.4) is 0 Å². The Labute approximate surface area is 166 Å². The fourth-order valence-corrected chi connectivity index (χ4v) is 5.07. The monoisotopic (exact) mass is 418 g/mol. The van der Waals surface area contributed by atoms with E-state index in [9.17, 15) is 22.8 Å². The molecule has 1 unspecified atom stereocenters. The molecule has 2 aliphatic rings. The summed E-state index contributed by atoms with van der Waals surface area (Å²) in [7, 11) is 0.527. The molecule has 2 fully saturated rings. The molecular weight excluding hydrogens is 388 g/mol. The molecule has 0 N–H and O–H groups in total. The average Bonchev–Trinajstić information content (AvgIpc) is 3.00. The van der Waals surface area contributed by atoms with Gasteiger partial charge in [-0.2, -0.15) is 0 Å². The number of hydrogen-bond acceptors (Lipinski definition) is 7. The predicted molar refractivity (Wildman–Crippen MR) is 103 cm³/mol. The van der Waals surface area contributed by atoms with Gasteiger partial charge in [0.25, 0.3) is 0 Å². The van der Waals surface area contributed by atoms with Gasteiger partial charge in [-0.25, -0.2) is 13.2 Å². The topological polar surface area (TPSA) is 108 Å². The Balaban J connectivity index is 2.01. The number of sulfone groups is 1. The first-order chi connectivity index (χ1) is 13.1. The molecule has 0 bridgehead atoms. The molecule has 0 radical (unpaired) electrons. The number of carbonyl (C=O) groups is 3. The standard InChI is InChI=1S/C17H30N4O6S/c1-4-27-17(24)20-9-7-19(8-10-20)15(22)16(23)21(11-6-18(2)3)14-5-12-28(25,26)13-14/h14H,4-13H2,1-3H3. The molecular formula is C17H30N4O6S. The second kappa shape index (κ2) is 9.55. The molecule has 3 amide bonds. The minimum atomic E-state index is -3.18. The molecule has 0 spiro atoms. The minimum Gasteiger partial charge on any atom is -0.450 e. The lowest BCUT2D eigenvalue weighted by Crippen LogP contribution is -2.56. The van der Waals surface area contributed by atoms with Crippen LogP contribution in [0.4, 0.5) is 4.79 Å². The van der Waals surface area contributed by atoms with Crippen molar-refractivity contribution < 1.29 is 27.5 Å². The second-order valence-electron chi connectivity index (χ2n) is 7.34. The van der Waals surface area contributed by atoms with E-state index in [-0.39, 0.29) is 31.2 Å². The van der Waals surface area contributed by atoms with E-state index in [0.29, 0.717) is 32.6 Å². The summed E-state index contributed by atoms with van der Waals surface area (Å²) < 4.78 is 28.6. The number of carbonyl (C=O) groups excluding carboxylic acids is 3. The van der Waals surface area contributed by atoms with Gasteiger partial charge in [-0.15, -0.1) is 0 Å². The summed E-state index contributed by atoms with van der Waals surface area (Å²) in [6.07, 6.45) is -0.0736. The molecule has 0 saturated carbocycles. The van der Waals surface area contributed by atoms with Gasteiger partial charge in [0.2, 0.25) is 0 Å². The first-order valence-electron chi connectivity index (χ1n) is 9.51. The van der Waals surface area contributed by atoms with E-state index in [2.05, 4.69) is 0 Å². The van der Waals surface area contributed by atoms with Crippen LogP contribution < -0.4 is 0 Å². The van der Waals surface area contributed by atoms with Crippen molar-refractivity contribution in [2.45, 2.75) is 19.4 Å². The maximum absolute atomic E-state index is 12.9. The van der Waals surface area contributed by atoms with Crippen molar-refractivity contribution in [3.63, 3.8) is 0 Å². The molecule has 0 aromatic heterocycles. The summed E-state index contributed by atoms with van der Waals surface area (Å²) in [5.41, 5.74) is 0. The van der Waals surface area contributed by atoms with Crippen LogP contribution in [0.25, 0.3) is 0 Å². The lowest BCUT2D eigenvalue weighted by atomic mass is 10.2. The smallest absolute Gasteiger partial charge is 0.409 e. The fraction of sp³-hybridized carbons (Fsp3) is 0.824. The summed E-state index contributed by atoms with van der Waals surface area (Å²) in [6.45, 7) is 3.92. The Morgan fingerprint density at radius 2 is 1.64 bits per heavy atom. The number of rotatable bonds is 5. The number of nitrogens with zero attached hydrogens (tertiary/aromatic N) is 4. The quantitative estimate of drug-likeness (QED) is 0.520. The van der Waals surface area contributed by atoms with Crippen molar-refractivity contribution in [1.29, 1.82) is 0 Å². The van der Waals surface area contributed by atoms with Crippen molar-refractivity contribution in [1.82, 2.24) is 19.6 Å². The molecule has 160 valence electrons. The first kappa shape index (κ1) is 22.4. The number of likely N-dealkylation sites (N-methyl/N-ethyl adjacent to an activating group) is 1. The third kappa shape index (κ3) is 5.81. The molecule has 2 heterocycles. The molecule has 1 atom stereocenters. The highest BCUT2D eigenvalue weighted by atomic mass is 32.2. The first-order valence-corrected chi connectivity index (χ1v) is 11.3. The number of ether oxygens (including phenoxy) is 1. The van der Waals surface area contributed by atoms with Gasteiger partial charge in [-0.3, -0.25) is 9.59 Å². The molecule has 0 aromatic carbocycles. The van der Waals surface area contributed by atoms with Crippen LogP contribution in [0.1, 0.15) is 13.3 Å². The van der Waals surface area contributed by atoms with Crippen molar-refractivity contribution >= 4 is 27.7 Å². The molecule has 11 heteroatoms. The van der Waals surface area contributed by atoms with Crippen LogP contribution in [0, 0.1) is 0 Å². The minimum absolute atomic E-state index is 0.0375.